The summed E-state index contributed by atoms with van der Waals surface area (Å²) in [7, 11) is 3.83. The maximum Gasteiger partial charge on any atom is 0.150 e. The van der Waals surface area contributed by atoms with Crippen LogP contribution in [0.25, 0.3) is 0 Å². The smallest absolute Gasteiger partial charge is 0.150 e. The van der Waals surface area contributed by atoms with Gasteiger partial charge in [-0.2, -0.15) is 0 Å². The molecule has 7 heteroatoms. The van der Waals surface area contributed by atoms with Gasteiger partial charge in [0.1, 0.15) is 22.4 Å². The number of pyridine rings is 1. The van der Waals surface area contributed by atoms with Crippen molar-refractivity contribution in [2.24, 2.45) is 0 Å². The van der Waals surface area contributed by atoms with Crippen molar-refractivity contribution < 1.29 is 9.47 Å². The van der Waals surface area contributed by atoms with Crippen molar-refractivity contribution in [3.8, 4) is 11.5 Å². The van der Waals surface area contributed by atoms with Gasteiger partial charge in [0.25, 0.3) is 0 Å². The predicted molar refractivity (Wildman–Crippen MR) is 116 cm³/mol. The van der Waals surface area contributed by atoms with Gasteiger partial charge >= 0.3 is 0 Å². The molecule has 4 rings (SSSR count). The Morgan fingerprint density at radius 2 is 1.86 bits per heavy atom. The fourth-order valence-electron chi connectivity index (χ4n) is 3.29. The minimum Gasteiger partial charge on any atom is -0.494 e. The summed E-state index contributed by atoms with van der Waals surface area (Å²) in [5.41, 5.74) is 2.20. The summed E-state index contributed by atoms with van der Waals surface area (Å²) >= 11 is 1.54. The summed E-state index contributed by atoms with van der Waals surface area (Å²) in [5, 5.41) is 1.80. The van der Waals surface area contributed by atoms with Crippen LogP contribution in [0.2, 0.25) is 0 Å². The highest BCUT2D eigenvalue weighted by Crippen LogP contribution is 2.37. The monoisotopic (exact) mass is 410 g/mol. The van der Waals surface area contributed by atoms with Crippen LogP contribution in [-0.4, -0.2) is 55.2 Å². The lowest BCUT2D eigenvalue weighted by Gasteiger charge is -2.34. The average molecular weight is 411 g/mol. The molecule has 1 aromatic carbocycles. The fourth-order valence-corrected chi connectivity index (χ4v) is 4.15. The van der Waals surface area contributed by atoms with E-state index in [9.17, 15) is 0 Å². The molecule has 1 N–H and O–H groups in total. The number of nitrogens with zero attached hydrogens (tertiary/aromatic N) is 3. The quantitative estimate of drug-likeness (QED) is 0.638. The molecule has 1 fully saturated rings. The summed E-state index contributed by atoms with van der Waals surface area (Å²) in [6, 6.07) is 14.2. The van der Waals surface area contributed by atoms with Gasteiger partial charge in [-0.05, 0) is 30.4 Å². The number of aromatic nitrogens is 2. The number of piperazine rings is 1. The van der Waals surface area contributed by atoms with Crippen LogP contribution < -0.4 is 14.4 Å². The van der Waals surface area contributed by atoms with E-state index in [2.05, 4.69) is 34.0 Å². The van der Waals surface area contributed by atoms with E-state index < -0.39 is 0 Å². The van der Waals surface area contributed by atoms with Crippen LogP contribution in [0, 0.1) is 0 Å². The first-order chi connectivity index (χ1) is 14.2. The molecule has 0 spiro atoms. The molecule has 0 saturated carbocycles. The molecule has 0 atom stereocenters. The van der Waals surface area contributed by atoms with Crippen LogP contribution in [0.3, 0.4) is 0 Å². The molecule has 1 saturated heterocycles. The predicted octanol–water partition coefficient (Wildman–Crippen LogP) is 3.90. The molecular formula is C22H26N4O2S. The van der Waals surface area contributed by atoms with E-state index in [1.54, 1.807) is 7.11 Å². The number of anilines is 1. The highest BCUT2D eigenvalue weighted by Gasteiger charge is 2.20. The Kier molecular flexibility index (Phi) is 6.27. The lowest BCUT2D eigenvalue weighted by atomic mass is 10.2. The number of methoxy groups -OCH3 is 1. The number of aromatic amines is 1. The lowest BCUT2D eigenvalue weighted by Crippen LogP contribution is -2.44. The van der Waals surface area contributed by atoms with Crippen LogP contribution in [0.1, 0.15) is 5.56 Å². The van der Waals surface area contributed by atoms with Crippen molar-refractivity contribution in [3.63, 3.8) is 0 Å². The number of hydrogen-bond donors (Lipinski definition) is 1. The highest BCUT2D eigenvalue weighted by molar-refractivity contribution is 7.99. The maximum absolute atomic E-state index is 6.27. The van der Waals surface area contributed by atoms with Crippen LogP contribution in [0.5, 0.6) is 11.5 Å². The average Bonchev–Trinajstić information content (AvgIpc) is 3.21. The highest BCUT2D eigenvalue weighted by atomic mass is 32.2. The van der Waals surface area contributed by atoms with Gasteiger partial charge in [0, 0.05) is 38.4 Å². The molecule has 0 radical (unpaired) electrons. The molecule has 1 aliphatic heterocycles. The molecule has 0 unspecified atom stereocenters. The standard InChI is InChI=1S/C22H26N4O2S/c1-25-10-12-26(13-11-25)18-15-24-21(29-22-19(27-2)8-9-23-22)14-20(18)28-16-17-6-4-3-5-7-17/h3-9,14-15,23H,10-13,16H2,1-2H3. The first kappa shape index (κ1) is 19.7. The van der Waals surface area contributed by atoms with Crippen molar-refractivity contribution in [1.29, 1.82) is 0 Å². The minimum atomic E-state index is 0.529. The van der Waals surface area contributed by atoms with Crippen LogP contribution in [0.15, 0.2) is 64.9 Å². The Balaban J connectivity index is 1.58. The Morgan fingerprint density at radius 1 is 1.07 bits per heavy atom. The third-order valence-corrected chi connectivity index (χ3v) is 5.96. The van der Waals surface area contributed by atoms with Crippen molar-refractivity contribution in [1.82, 2.24) is 14.9 Å². The fraction of sp³-hybridized carbons (Fsp3) is 0.318. The Morgan fingerprint density at radius 3 is 2.62 bits per heavy atom. The number of likely N-dealkylation sites (N-methyl/N-ethyl adjacent to an activating group) is 1. The van der Waals surface area contributed by atoms with Gasteiger partial charge in [0.2, 0.25) is 0 Å². The van der Waals surface area contributed by atoms with Gasteiger partial charge in [-0.3, -0.25) is 0 Å². The van der Waals surface area contributed by atoms with Gasteiger partial charge in [-0.1, -0.05) is 30.3 Å². The number of benzene rings is 1. The molecule has 0 bridgehead atoms. The largest absolute Gasteiger partial charge is 0.494 e. The summed E-state index contributed by atoms with van der Waals surface area (Å²) in [6.45, 7) is 4.54. The summed E-state index contributed by atoms with van der Waals surface area (Å²) in [6.07, 6.45) is 3.80. The van der Waals surface area contributed by atoms with E-state index in [-0.39, 0.29) is 0 Å². The Bertz CT molecular complexity index is 924. The zero-order chi connectivity index (χ0) is 20.1. The second kappa shape index (κ2) is 9.24. The number of ether oxygens (including phenoxy) is 2. The van der Waals surface area contributed by atoms with Gasteiger partial charge in [0.05, 0.1) is 19.0 Å². The maximum atomic E-state index is 6.27. The lowest BCUT2D eigenvalue weighted by molar-refractivity contribution is 0.295. The first-order valence-electron chi connectivity index (χ1n) is 9.72. The van der Waals surface area contributed by atoms with Crippen molar-refractivity contribution >= 4 is 17.4 Å². The van der Waals surface area contributed by atoms with Gasteiger partial charge in [0.15, 0.2) is 5.75 Å². The van der Waals surface area contributed by atoms with E-state index in [1.807, 2.05) is 42.7 Å². The molecule has 3 aromatic rings. The summed E-state index contributed by atoms with van der Waals surface area (Å²) in [4.78, 5) is 12.6. The molecule has 3 heterocycles. The Labute approximate surface area is 175 Å². The van der Waals surface area contributed by atoms with Crippen molar-refractivity contribution in [2.45, 2.75) is 16.7 Å². The second-order valence-electron chi connectivity index (χ2n) is 7.03. The van der Waals surface area contributed by atoms with E-state index in [1.165, 1.54) is 11.8 Å². The molecule has 152 valence electrons. The number of nitrogens with one attached hydrogen (secondary N) is 1. The molecule has 6 nitrogen and oxygen atoms in total. The van der Waals surface area contributed by atoms with Crippen molar-refractivity contribution in [3.05, 3.63) is 60.4 Å². The van der Waals surface area contributed by atoms with Crippen LogP contribution in [-0.2, 0) is 6.61 Å². The normalized spacial score (nSPS) is 14.8. The van der Waals surface area contributed by atoms with E-state index in [4.69, 9.17) is 14.5 Å². The number of H-pyrrole nitrogens is 1. The van der Waals surface area contributed by atoms with Gasteiger partial charge < -0.3 is 24.3 Å². The summed E-state index contributed by atoms with van der Waals surface area (Å²) in [5.74, 6) is 1.67. The first-order valence-corrected chi connectivity index (χ1v) is 10.5. The van der Waals surface area contributed by atoms with E-state index in [0.717, 1.165) is 59.0 Å². The van der Waals surface area contributed by atoms with Crippen LogP contribution in [0.4, 0.5) is 5.69 Å². The number of hydrogen-bond acceptors (Lipinski definition) is 6. The molecule has 29 heavy (non-hydrogen) atoms. The summed E-state index contributed by atoms with van der Waals surface area (Å²) < 4.78 is 11.7. The third kappa shape index (κ3) is 4.86. The molecule has 0 aliphatic carbocycles. The topological polar surface area (TPSA) is 53.6 Å². The number of rotatable bonds is 7. The molecular weight excluding hydrogens is 384 g/mol. The molecule has 1 aliphatic rings. The zero-order valence-electron chi connectivity index (χ0n) is 16.8. The SMILES string of the molecule is COc1cc[nH]c1Sc1cc(OCc2ccccc2)c(N2CCN(C)CC2)cn1. The van der Waals surface area contributed by atoms with Gasteiger partial charge in [-0.15, -0.1) is 0 Å². The molecule has 2 aromatic heterocycles. The molecule has 0 amide bonds. The second-order valence-corrected chi connectivity index (χ2v) is 8.06. The van der Waals surface area contributed by atoms with Crippen molar-refractivity contribution in [2.75, 3.05) is 45.2 Å². The minimum absolute atomic E-state index is 0.529. The zero-order valence-corrected chi connectivity index (χ0v) is 17.6. The van der Waals surface area contributed by atoms with E-state index in [0.29, 0.717) is 6.61 Å². The van der Waals surface area contributed by atoms with Crippen LogP contribution >= 0.6 is 11.8 Å². The Hall–Kier alpha value is -2.64. The third-order valence-electron chi connectivity index (χ3n) is 5.00. The van der Waals surface area contributed by atoms with Gasteiger partial charge in [-0.25, -0.2) is 4.98 Å². The van der Waals surface area contributed by atoms with E-state index >= 15 is 0 Å².